The summed E-state index contributed by atoms with van der Waals surface area (Å²) in [6, 6.07) is 6.70. The summed E-state index contributed by atoms with van der Waals surface area (Å²) in [5.41, 5.74) is -0.113. The maximum Gasteiger partial charge on any atom is 0.410 e. The molecule has 2 aliphatic heterocycles. The first kappa shape index (κ1) is 20.3. The van der Waals surface area contributed by atoms with Crippen LogP contribution in [0.5, 0.6) is 0 Å². The van der Waals surface area contributed by atoms with Gasteiger partial charge in [-0.3, -0.25) is 9.59 Å². The number of piperidine rings is 1. The monoisotopic (exact) mass is 388 g/mol. The maximum absolute atomic E-state index is 13.1. The van der Waals surface area contributed by atoms with Crippen molar-refractivity contribution in [3.63, 3.8) is 0 Å². The number of ether oxygens (including phenoxy) is 2. The van der Waals surface area contributed by atoms with Gasteiger partial charge in [0.05, 0.1) is 6.61 Å². The van der Waals surface area contributed by atoms with E-state index < -0.39 is 11.3 Å². The molecule has 1 spiro atoms. The minimum Gasteiger partial charge on any atom is -0.444 e. The average molecular weight is 388 g/mol. The van der Waals surface area contributed by atoms with Crippen molar-refractivity contribution in [3.05, 3.63) is 35.4 Å². The number of likely N-dealkylation sites (tertiary alicyclic amines) is 1. The Morgan fingerprint density at radius 2 is 1.57 bits per heavy atom. The zero-order chi connectivity index (χ0) is 20.5. The van der Waals surface area contributed by atoms with Crippen molar-refractivity contribution >= 4 is 17.8 Å². The van der Waals surface area contributed by atoms with E-state index in [0.29, 0.717) is 50.2 Å². The molecule has 0 N–H and O–H groups in total. The van der Waals surface area contributed by atoms with E-state index in [9.17, 15) is 14.4 Å². The molecule has 0 atom stereocenters. The van der Waals surface area contributed by atoms with E-state index in [2.05, 4.69) is 0 Å². The molecule has 7 nitrogen and oxygen atoms in total. The minimum absolute atomic E-state index is 0.0329. The number of amides is 2. The SMILES string of the molecule is CC(=O)c1ccc(C(=O)N2CCOC23CCN(C(=O)OC(C)(C)C)CC3)cc1. The van der Waals surface area contributed by atoms with Gasteiger partial charge in [-0.25, -0.2) is 4.79 Å². The predicted molar refractivity (Wildman–Crippen MR) is 103 cm³/mol. The molecule has 2 saturated heterocycles. The van der Waals surface area contributed by atoms with E-state index in [0.717, 1.165) is 0 Å². The smallest absolute Gasteiger partial charge is 0.410 e. The molecule has 1 aromatic carbocycles. The topological polar surface area (TPSA) is 76.2 Å². The molecule has 2 heterocycles. The van der Waals surface area contributed by atoms with Crippen molar-refractivity contribution in [2.75, 3.05) is 26.2 Å². The normalized spacial score (nSPS) is 19.0. The molecule has 3 rings (SSSR count). The second kappa shape index (κ2) is 7.54. The Bertz CT molecular complexity index is 758. The van der Waals surface area contributed by atoms with Gasteiger partial charge in [-0.15, -0.1) is 0 Å². The molecule has 28 heavy (non-hydrogen) atoms. The van der Waals surface area contributed by atoms with Crippen LogP contribution in [0.3, 0.4) is 0 Å². The lowest BCUT2D eigenvalue weighted by Gasteiger charge is -2.43. The third-order valence-electron chi connectivity index (χ3n) is 5.16. The number of hydrogen-bond donors (Lipinski definition) is 0. The summed E-state index contributed by atoms with van der Waals surface area (Å²) in [5, 5.41) is 0. The standard InChI is InChI=1S/C21H28N2O5/c1-15(24)16-5-7-17(8-6-16)18(25)23-13-14-27-21(23)9-11-22(12-10-21)19(26)28-20(2,3)4/h5-8H,9-14H2,1-4H3. The summed E-state index contributed by atoms with van der Waals surface area (Å²) in [6.07, 6.45) is 0.755. The highest BCUT2D eigenvalue weighted by atomic mass is 16.6. The predicted octanol–water partition coefficient (Wildman–Crippen LogP) is 3.09. The molecule has 2 amide bonds. The fourth-order valence-corrected chi connectivity index (χ4v) is 3.68. The number of rotatable bonds is 2. The van der Waals surface area contributed by atoms with Gasteiger partial charge in [0.2, 0.25) is 0 Å². The van der Waals surface area contributed by atoms with E-state index in [1.807, 2.05) is 20.8 Å². The Balaban J connectivity index is 1.68. The fourth-order valence-electron chi connectivity index (χ4n) is 3.68. The zero-order valence-electron chi connectivity index (χ0n) is 17.0. The van der Waals surface area contributed by atoms with Crippen molar-refractivity contribution in [1.29, 1.82) is 0 Å². The third kappa shape index (κ3) is 4.19. The van der Waals surface area contributed by atoms with Crippen LogP contribution >= 0.6 is 0 Å². The van der Waals surface area contributed by atoms with Gasteiger partial charge < -0.3 is 19.3 Å². The molecule has 0 aliphatic carbocycles. The number of nitrogens with zero attached hydrogens (tertiary/aromatic N) is 2. The Kier molecular flexibility index (Phi) is 5.48. The molecular weight excluding hydrogens is 360 g/mol. The van der Waals surface area contributed by atoms with Crippen molar-refractivity contribution < 1.29 is 23.9 Å². The van der Waals surface area contributed by atoms with Gasteiger partial charge in [-0.2, -0.15) is 0 Å². The highest BCUT2D eigenvalue weighted by molar-refractivity contribution is 5.98. The molecule has 0 unspecified atom stereocenters. The Morgan fingerprint density at radius 3 is 2.11 bits per heavy atom. The van der Waals surface area contributed by atoms with E-state index in [4.69, 9.17) is 9.47 Å². The zero-order valence-corrected chi connectivity index (χ0v) is 17.0. The molecule has 0 aromatic heterocycles. The summed E-state index contributed by atoms with van der Waals surface area (Å²) in [5.74, 6) is -0.146. The molecule has 0 bridgehead atoms. The minimum atomic E-state index is -0.686. The molecule has 0 radical (unpaired) electrons. The molecule has 152 valence electrons. The van der Waals surface area contributed by atoms with Gasteiger partial charge >= 0.3 is 6.09 Å². The van der Waals surface area contributed by atoms with Crippen LogP contribution in [0.1, 0.15) is 61.3 Å². The Labute approximate surface area is 165 Å². The van der Waals surface area contributed by atoms with E-state index in [-0.39, 0.29) is 17.8 Å². The van der Waals surface area contributed by atoms with E-state index in [1.54, 1.807) is 34.1 Å². The van der Waals surface area contributed by atoms with E-state index >= 15 is 0 Å². The third-order valence-corrected chi connectivity index (χ3v) is 5.16. The van der Waals surface area contributed by atoms with Crippen LogP contribution in [-0.2, 0) is 9.47 Å². The summed E-state index contributed by atoms with van der Waals surface area (Å²) in [4.78, 5) is 40.2. The fraction of sp³-hybridized carbons (Fsp3) is 0.571. The van der Waals surface area contributed by atoms with E-state index in [1.165, 1.54) is 6.92 Å². The number of Topliss-reactive ketones (excluding diaryl/α,β-unsaturated/α-hetero) is 1. The van der Waals surface area contributed by atoms with Crippen LogP contribution in [0, 0.1) is 0 Å². The van der Waals surface area contributed by atoms with Gasteiger partial charge in [0.1, 0.15) is 11.3 Å². The van der Waals surface area contributed by atoms with Crippen molar-refractivity contribution in [2.24, 2.45) is 0 Å². The summed E-state index contributed by atoms with van der Waals surface area (Å²) in [7, 11) is 0. The lowest BCUT2D eigenvalue weighted by Crippen LogP contribution is -2.56. The largest absolute Gasteiger partial charge is 0.444 e. The van der Waals surface area contributed by atoms with Crippen LogP contribution in [0.15, 0.2) is 24.3 Å². The lowest BCUT2D eigenvalue weighted by molar-refractivity contribution is -0.104. The van der Waals surface area contributed by atoms with Crippen LogP contribution in [-0.4, -0.2) is 65.2 Å². The summed E-state index contributed by atoms with van der Waals surface area (Å²) >= 11 is 0. The van der Waals surface area contributed by atoms with Gasteiger partial charge in [0.25, 0.3) is 5.91 Å². The summed E-state index contributed by atoms with van der Waals surface area (Å²) in [6.45, 7) is 8.96. The molecule has 2 aliphatic rings. The molecule has 2 fully saturated rings. The maximum atomic E-state index is 13.1. The second-order valence-corrected chi connectivity index (χ2v) is 8.35. The highest BCUT2D eigenvalue weighted by Crippen LogP contribution is 2.35. The highest BCUT2D eigenvalue weighted by Gasteiger charge is 2.48. The van der Waals surface area contributed by atoms with Crippen molar-refractivity contribution in [3.8, 4) is 0 Å². The number of carbonyl (C=O) groups is 3. The first-order valence-corrected chi connectivity index (χ1v) is 9.66. The van der Waals surface area contributed by atoms with Crippen molar-refractivity contribution in [1.82, 2.24) is 9.80 Å². The molecule has 7 heteroatoms. The van der Waals surface area contributed by atoms with Crippen LogP contribution < -0.4 is 0 Å². The first-order chi connectivity index (χ1) is 13.1. The summed E-state index contributed by atoms with van der Waals surface area (Å²) < 4.78 is 11.4. The van der Waals surface area contributed by atoms with Gasteiger partial charge in [-0.1, -0.05) is 12.1 Å². The molecular formula is C21H28N2O5. The lowest BCUT2D eigenvalue weighted by atomic mass is 9.98. The Morgan fingerprint density at radius 1 is 1.00 bits per heavy atom. The van der Waals surface area contributed by atoms with Gasteiger partial charge in [0, 0.05) is 43.6 Å². The van der Waals surface area contributed by atoms with Crippen LogP contribution in [0.25, 0.3) is 0 Å². The number of ketones is 1. The second-order valence-electron chi connectivity index (χ2n) is 8.35. The van der Waals surface area contributed by atoms with Crippen LogP contribution in [0.2, 0.25) is 0 Å². The number of hydrogen-bond acceptors (Lipinski definition) is 5. The van der Waals surface area contributed by atoms with Gasteiger partial charge in [-0.05, 0) is 39.8 Å². The molecule has 1 aromatic rings. The average Bonchev–Trinajstić information content (AvgIpc) is 3.03. The Hall–Kier alpha value is -2.41. The number of carbonyl (C=O) groups excluding carboxylic acids is 3. The first-order valence-electron chi connectivity index (χ1n) is 9.66. The van der Waals surface area contributed by atoms with Crippen LogP contribution in [0.4, 0.5) is 4.79 Å². The van der Waals surface area contributed by atoms with Crippen molar-refractivity contribution in [2.45, 2.75) is 51.9 Å². The molecule has 0 saturated carbocycles. The number of benzene rings is 1. The van der Waals surface area contributed by atoms with Gasteiger partial charge in [0.15, 0.2) is 5.78 Å². The quantitative estimate of drug-likeness (QED) is 0.728.